The first kappa shape index (κ1) is 17.4. The lowest BCUT2D eigenvalue weighted by molar-refractivity contribution is -0.132. The van der Waals surface area contributed by atoms with Gasteiger partial charge in [0.2, 0.25) is 6.10 Å². The number of carboxylic acid groups (broad SMARTS) is 1. The second kappa shape index (κ2) is 8.61. The van der Waals surface area contributed by atoms with E-state index >= 15 is 0 Å². The van der Waals surface area contributed by atoms with Crippen molar-refractivity contribution in [1.29, 1.82) is 0 Å². The van der Waals surface area contributed by atoms with Gasteiger partial charge in [0.15, 0.2) is 5.71 Å². The fourth-order valence-corrected chi connectivity index (χ4v) is 2.21. The summed E-state index contributed by atoms with van der Waals surface area (Å²) in [6.07, 6.45) is 1.09. The predicted octanol–water partition coefficient (Wildman–Crippen LogP) is 0.843. The fourth-order valence-electron chi connectivity index (χ4n) is 2.21. The lowest BCUT2D eigenvalue weighted by Crippen LogP contribution is -2.40. The SMILES string of the molecule is CCN(CC)CCCC(C)NC(=O)C1CC(C(=O)O)=NO1. The molecule has 0 saturated heterocycles. The van der Waals surface area contributed by atoms with Gasteiger partial charge >= 0.3 is 5.97 Å². The zero-order chi connectivity index (χ0) is 15.8. The molecule has 0 saturated carbocycles. The van der Waals surface area contributed by atoms with E-state index in [1.54, 1.807) is 0 Å². The van der Waals surface area contributed by atoms with Crippen LogP contribution < -0.4 is 5.32 Å². The molecule has 120 valence electrons. The number of rotatable bonds is 9. The molecule has 0 spiro atoms. The van der Waals surface area contributed by atoms with Crippen LogP contribution in [-0.4, -0.2) is 59.4 Å². The van der Waals surface area contributed by atoms with Crippen molar-refractivity contribution >= 4 is 17.6 Å². The Bertz CT molecular complexity index is 394. The maximum Gasteiger partial charge on any atom is 0.353 e. The van der Waals surface area contributed by atoms with Crippen LogP contribution >= 0.6 is 0 Å². The minimum Gasteiger partial charge on any atom is -0.477 e. The first-order valence-corrected chi connectivity index (χ1v) is 7.46. The van der Waals surface area contributed by atoms with Gasteiger partial charge in [-0.25, -0.2) is 4.79 Å². The zero-order valence-corrected chi connectivity index (χ0v) is 13.0. The smallest absolute Gasteiger partial charge is 0.353 e. The molecule has 0 radical (unpaired) electrons. The number of aliphatic carboxylic acids is 1. The molecular formula is C14H25N3O4. The molecular weight excluding hydrogens is 274 g/mol. The van der Waals surface area contributed by atoms with E-state index < -0.39 is 12.1 Å². The van der Waals surface area contributed by atoms with Crippen molar-refractivity contribution < 1.29 is 19.5 Å². The van der Waals surface area contributed by atoms with Gasteiger partial charge in [-0.3, -0.25) is 4.79 Å². The molecule has 7 nitrogen and oxygen atoms in total. The van der Waals surface area contributed by atoms with Crippen molar-refractivity contribution in [3.05, 3.63) is 0 Å². The van der Waals surface area contributed by atoms with Crippen LogP contribution in [0.4, 0.5) is 0 Å². The van der Waals surface area contributed by atoms with Crippen LogP contribution in [0.15, 0.2) is 5.16 Å². The molecule has 0 fully saturated rings. The van der Waals surface area contributed by atoms with Crippen molar-refractivity contribution in [3.8, 4) is 0 Å². The number of carboxylic acids is 1. The number of nitrogens with one attached hydrogen (secondary N) is 1. The maximum atomic E-state index is 11.9. The van der Waals surface area contributed by atoms with Crippen molar-refractivity contribution in [2.24, 2.45) is 5.16 Å². The number of carbonyl (C=O) groups excluding carboxylic acids is 1. The molecule has 1 rings (SSSR count). The number of hydrogen-bond acceptors (Lipinski definition) is 5. The molecule has 1 aliphatic heterocycles. The van der Waals surface area contributed by atoms with E-state index in [0.29, 0.717) is 0 Å². The average molecular weight is 299 g/mol. The van der Waals surface area contributed by atoms with Gasteiger partial charge < -0.3 is 20.2 Å². The van der Waals surface area contributed by atoms with Gasteiger partial charge in [0.1, 0.15) is 0 Å². The first-order valence-electron chi connectivity index (χ1n) is 7.46. The molecule has 2 atom stereocenters. The number of oxime groups is 1. The predicted molar refractivity (Wildman–Crippen MR) is 79.2 cm³/mol. The van der Waals surface area contributed by atoms with E-state index in [1.165, 1.54) is 0 Å². The second-order valence-corrected chi connectivity index (χ2v) is 5.22. The van der Waals surface area contributed by atoms with Gasteiger partial charge in [-0.05, 0) is 39.4 Å². The van der Waals surface area contributed by atoms with Crippen molar-refractivity contribution in [1.82, 2.24) is 10.2 Å². The summed E-state index contributed by atoms with van der Waals surface area (Å²) in [5, 5.41) is 15.0. The second-order valence-electron chi connectivity index (χ2n) is 5.22. The molecule has 21 heavy (non-hydrogen) atoms. The molecule has 1 amide bonds. The summed E-state index contributed by atoms with van der Waals surface area (Å²) in [6.45, 7) is 9.27. The third kappa shape index (κ3) is 5.71. The Hall–Kier alpha value is -1.63. The summed E-state index contributed by atoms with van der Waals surface area (Å²) in [5.41, 5.74) is -0.107. The highest BCUT2D eigenvalue weighted by molar-refractivity contribution is 6.36. The molecule has 2 N–H and O–H groups in total. The molecule has 0 aromatic rings. The average Bonchev–Trinajstić information content (AvgIpc) is 2.93. The van der Waals surface area contributed by atoms with Gasteiger partial charge in [-0.1, -0.05) is 19.0 Å². The summed E-state index contributed by atoms with van der Waals surface area (Å²) in [7, 11) is 0. The molecule has 2 unspecified atom stereocenters. The van der Waals surface area contributed by atoms with Crippen LogP contribution in [0.25, 0.3) is 0 Å². The molecule has 7 heteroatoms. The normalized spacial score (nSPS) is 19.0. The Balaban J connectivity index is 2.24. The molecule has 0 aromatic carbocycles. The summed E-state index contributed by atoms with van der Waals surface area (Å²) >= 11 is 0. The van der Waals surface area contributed by atoms with Crippen LogP contribution in [-0.2, 0) is 14.4 Å². The summed E-state index contributed by atoms with van der Waals surface area (Å²) in [6, 6.07) is 0.0329. The largest absolute Gasteiger partial charge is 0.477 e. The number of carbonyl (C=O) groups is 2. The highest BCUT2D eigenvalue weighted by Crippen LogP contribution is 2.11. The number of hydrogen-bond donors (Lipinski definition) is 2. The zero-order valence-electron chi connectivity index (χ0n) is 13.0. The fraction of sp³-hybridized carbons (Fsp3) is 0.786. The summed E-state index contributed by atoms with van der Waals surface area (Å²) in [5.74, 6) is -1.44. The Labute approximate surface area is 125 Å². The lowest BCUT2D eigenvalue weighted by atomic mass is 10.1. The van der Waals surface area contributed by atoms with Gasteiger partial charge in [-0.15, -0.1) is 0 Å². The quantitative estimate of drug-likeness (QED) is 0.658. The highest BCUT2D eigenvalue weighted by Gasteiger charge is 2.31. The van der Waals surface area contributed by atoms with Crippen LogP contribution in [0, 0.1) is 0 Å². The topological polar surface area (TPSA) is 91.2 Å². The Morgan fingerprint density at radius 2 is 2.14 bits per heavy atom. The Morgan fingerprint density at radius 1 is 1.48 bits per heavy atom. The van der Waals surface area contributed by atoms with E-state index in [2.05, 4.69) is 29.2 Å². The third-order valence-electron chi connectivity index (χ3n) is 3.60. The van der Waals surface area contributed by atoms with E-state index in [0.717, 1.165) is 32.5 Å². The van der Waals surface area contributed by atoms with Crippen molar-refractivity contribution in [3.63, 3.8) is 0 Å². The van der Waals surface area contributed by atoms with Gasteiger partial charge in [0, 0.05) is 12.5 Å². The van der Waals surface area contributed by atoms with Crippen molar-refractivity contribution in [2.75, 3.05) is 19.6 Å². The highest BCUT2D eigenvalue weighted by atomic mass is 16.6. The van der Waals surface area contributed by atoms with E-state index in [1.807, 2.05) is 6.92 Å². The molecule has 1 aliphatic rings. The first-order chi connectivity index (χ1) is 9.97. The Morgan fingerprint density at radius 3 is 2.67 bits per heavy atom. The number of nitrogens with zero attached hydrogens (tertiary/aromatic N) is 2. The maximum absolute atomic E-state index is 11.9. The number of amides is 1. The third-order valence-corrected chi connectivity index (χ3v) is 3.60. The minimum atomic E-state index is -1.14. The van der Waals surface area contributed by atoms with Gasteiger partial charge in [-0.2, -0.15) is 0 Å². The molecule has 1 heterocycles. The Kier molecular flexibility index (Phi) is 7.14. The van der Waals surface area contributed by atoms with Crippen LogP contribution in [0.1, 0.15) is 40.0 Å². The molecule has 0 aliphatic carbocycles. The monoisotopic (exact) mass is 299 g/mol. The minimum absolute atomic E-state index is 0.0212. The lowest BCUT2D eigenvalue weighted by Gasteiger charge is -2.20. The van der Waals surface area contributed by atoms with Gasteiger partial charge in [0.25, 0.3) is 5.91 Å². The van der Waals surface area contributed by atoms with Crippen LogP contribution in [0.5, 0.6) is 0 Å². The van der Waals surface area contributed by atoms with Gasteiger partial charge in [0.05, 0.1) is 0 Å². The molecule has 0 bridgehead atoms. The van der Waals surface area contributed by atoms with E-state index in [4.69, 9.17) is 9.94 Å². The van der Waals surface area contributed by atoms with Crippen LogP contribution in [0.3, 0.4) is 0 Å². The van der Waals surface area contributed by atoms with E-state index in [-0.39, 0.29) is 24.1 Å². The molecule has 0 aromatic heterocycles. The van der Waals surface area contributed by atoms with Crippen LogP contribution in [0.2, 0.25) is 0 Å². The standard InChI is InChI=1S/C14H25N3O4/c1-4-17(5-2)8-6-7-10(3)15-13(18)12-9-11(14(19)20)16-21-12/h10,12H,4-9H2,1-3H3,(H,15,18)(H,19,20). The van der Waals surface area contributed by atoms with Crippen molar-refractivity contribution in [2.45, 2.75) is 52.2 Å². The summed E-state index contributed by atoms with van der Waals surface area (Å²) < 4.78 is 0. The van der Waals surface area contributed by atoms with E-state index in [9.17, 15) is 9.59 Å². The summed E-state index contributed by atoms with van der Waals surface area (Å²) in [4.78, 5) is 29.8.